The lowest BCUT2D eigenvalue weighted by molar-refractivity contribution is 0.268. The first-order valence-electron chi connectivity index (χ1n) is 6.40. The monoisotopic (exact) mass is 261 g/mol. The first-order valence-corrected chi connectivity index (χ1v) is 6.40. The number of hydrogen-bond donors (Lipinski definition) is 1. The zero-order valence-corrected chi connectivity index (χ0v) is 11.5. The van der Waals surface area contributed by atoms with E-state index >= 15 is 0 Å². The number of nitrogens with two attached hydrogens (primary N) is 1. The molecule has 1 heterocycles. The average molecular weight is 261 g/mol. The molecular formula is C14H19N3O2. The average Bonchev–Trinajstić information content (AvgIpc) is 2.97. The van der Waals surface area contributed by atoms with Crippen molar-refractivity contribution in [3.63, 3.8) is 0 Å². The molecule has 5 nitrogen and oxygen atoms in total. The van der Waals surface area contributed by atoms with Gasteiger partial charge in [0.15, 0.2) is 0 Å². The topological polar surface area (TPSA) is 74.2 Å². The van der Waals surface area contributed by atoms with Gasteiger partial charge in [-0.1, -0.05) is 31.1 Å². The summed E-state index contributed by atoms with van der Waals surface area (Å²) in [5.74, 6) is 1.77. The van der Waals surface area contributed by atoms with Gasteiger partial charge in [0.1, 0.15) is 5.75 Å². The van der Waals surface area contributed by atoms with Crippen LogP contribution in [0.15, 0.2) is 28.8 Å². The minimum atomic E-state index is -0.551. The molecule has 102 valence electrons. The van der Waals surface area contributed by atoms with Crippen LogP contribution < -0.4 is 10.5 Å². The molecule has 1 aromatic heterocycles. The summed E-state index contributed by atoms with van der Waals surface area (Å²) in [6.07, 6.45) is 1.51. The molecule has 0 aliphatic heterocycles. The number of rotatable bonds is 5. The predicted octanol–water partition coefficient (Wildman–Crippen LogP) is 2.72. The SMILES string of the molecule is CCC(N)(CC)c1nc(-c2cccc(OC)c2)no1. The van der Waals surface area contributed by atoms with Gasteiger partial charge in [-0.05, 0) is 25.0 Å². The van der Waals surface area contributed by atoms with Gasteiger partial charge in [-0.25, -0.2) is 0 Å². The Kier molecular flexibility index (Phi) is 3.85. The molecule has 0 fully saturated rings. The van der Waals surface area contributed by atoms with Crippen LogP contribution in [0, 0.1) is 0 Å². The van der Waals surface area contributed by atoms with Crippen molar-refractivity contribution in [3.8, 4) is 17.1 Å². The lowest BCUT2D eigenvalue weighted by Gasteiger charge is -2.20. The van der Waals surface area contributed by atoms with Gasteiger partial charge in [-0.15, -0.1) is 0 Å². The van der Waals surface area contributed by atoms with E-state index in [4.69, 9.17) is 15.0 Å². The van der Waals surface area contributed by atoms with Gasteiger partial charge in [0, 0.05) is 5.56 Å². The van der Waals surface area contributed by atoms with Crippen molar-refractivity contribution in [2.45, 2.75) is 32.2 Å². The molecule has 0 aliphatic rings. The van der Waals surface area contributed by atoms with Crippen molar-refractivity contribution in [2.24, 2.45) is 5.73 Å². The van der Waals surface area contributed by atoms with E-state index in [9.17, 15) is 0 Å². The van der Waals surface area contributed by atoms with Crippen molar-refractivity contribution in [2.75, 3.05) is 7.11 Å². The molecule has 2 aromatic rings. The van der Waals surface area contributed by atoms with Crippen LogP contribution in [-0.4, -0.2) is 17.3 Å². The molecule has 0 unspecified atom stereocenters. The van der Waals surface area contributed by atoms with Gasteiger partial charge in [0.25, 0.3) is 0 Å². The zero-order chi connectivity index (χ0) is 13.9. The maximum atomic E-state index is 6.24. The largest absolute Gasteiger partial charge is 0.497 e. The predicted molar refractivity (Wildman–Crippen MR) is 72.7 cm³/mol. The van der Waals surface area contributed by atoms with E-state index in [0.717, 1.165) is 24.2 Å². The maximum absolute atomic E-state index is 6.24. The summed E-state index contributed by atoms with van der Waals surface area (Å²) >= 11 is 0. The highest BCUT2D eigenvalue weighted by molar-refractivity contribution is 5.56. The highest BCUT2D eigenvalue weighted by Gasteiger charge is 2.30. The van der Waals surface area contributed by atoms with E-state index in [1.165, 1.54) is 0 Å². The summed E-state index contributed by atoms with van der Waals surface area (Å²) in [4.78, 5) is 4.41. The van der Waals surface area contributed by atoms with Crippen molar-refractivity contribution < 1.29 is 9.26 Å². The van der Waals surface area contributed by atoms with Crippen LogP contribution in [0.25, 0.3) is 11.4 Å². The number of ether oxygens (including phenoxy) is 1. The van der Waals surface area contributed by atoms with E-state index in [0.29, 0.717) is 11.7 Å². The molecule has 0 spiro atoms. The van der Waals surface area contributed by atoms with E-state index in [-0.39, 0.29) is 0 Å². The molecule has 1 aromatic carbocycles. The second-order valence-electron chi connectivity index (χ2n) is 4.52. The summed E-state index contributed by atoms with van der Waals surface area (Å²) < 4.78 is 10.5. The van der Waals surface area contributed by atoms with Crippen LogP contribution in [0.4, 0.5) is 0 Å². The molecule has 19 heavy (non-hydrogen) atoms. The summed E-state index contributed by atoms with van der Waals surface area (Å²) in [6.45, 7) is 4.03. The van der Waals surface area contributed by atoms with Crippen molar-refractivity contribution >= 4 is 0 Å². The van der Waals surface area contributed by atoms with Crippen LogP contribution in [0.5, 0.6) is 5.75 Å². The Morgan fingerprint density at radius 3 is 2.68 bits per heavy atom. The maximum Gasteiger partial charge on any atom is 0.247 e. The normalized spacial score (nSPS) is 11.6. The summed E-state index contributed by atoms with van der Waals surface area (Å²) in [5, 5.41) is 4.00. The molecule has 2 N–H and O–H groups in total. The Bertz CT molecular complexity index is 547. The second kappa shape index (κ2) is 5.40. The van der Waals surface area contributed by atoms with Gasteiger partial charge >= 0.3 is 0 Å². The number of hydrogen-bond acceptors (Lipinski definition) is 5. The number of nitrogens with zero attached hydrogens (tertiary/aromatic N) is 2. The standard InChI is InChI=1S/C14H19N3O2/c1-4-14(15,5-2)13-16-12(17-19-13)10-7-6-8-11(9-10)18-3/h6-9H,4-5,15H2,1-3H3. The van der Waals surface area contributed by atoms with Gasteiger partial charge < -0.3 is 15.0 Å². The Balaban J connectivity index is 2.35. The number of aromatic nitrogens is 2. The molecule has 0 radical (unpaired) electrons. The van der Waals surface area contributed by atoms with E-state index in [1.54, 1.807) is 7.11 Å². The third-order valence-corrected chi connectivity index (χ3v) is 3.44. The number of methoxy groups -OCH3 is 1. The zero-order valence-electron chi connectivity index (χ0n) is 11.5. The molecule has 2 rings (SSSR count). The fourth-order valence-electron chi connectivity index (χ4n) is 1.86. The summed E-state index contributed by atoms with van der Waals surface area (Å²) in [6, 6.07) is 7.54. The second-order valence-corrected chi connectivity index (χ2v) is 4.52. The van der Waals surface area contributed by atoms with Crippen LogP contribution in [0.3, 0.4) is 0 Å². The fraction of sp³-hybridized carbons (Fsp3) is 0.429. The number of benzene rings is 1. The van der Waals surface area contributed by atoms with E-state index in [1.807, 2.05) is 38.1 Å². The first kappa shape index (κ1) is 13.5. The van der Waals surface area contributed by atoms with Crippen molar-refractivity contribution in [1.29, 1.82) is 0 Å². The third-order valence-electron chi connectivity index (χ3n) is 3.44. The minimum Gasteiger partial charge on any atom is -0.497 e. The summed E-state index contributed by atoms with van der Waals surface area (Å²) in [5.41, 5.74) is 6.54. The Hall–Kier alpha value is -1.88. The van der Waals surface area contributed by atoms with Gasteiger partial charge in [0.05, 0.1) is 12.6 Å². The highest BCUT2D eigenvalue weighted by Crippen LogP contribution is 2.27. The molecule has 0 bridgehead atoms. The van der Waals surface area contributed by atoms with Gasteiger partial charge in [-0.2, -0.15) is 4.98 Å². The molecule has 0 atom stereocenters. The third kappa shape index (κ3) is 2.61. The lowest BCUT2D eigenvalue weighted by atomic mass is 9.94. The Morgan fingerprint density at radius 2 is 2.05 bits per heavy atom. The molecule has 0 amide bonds. The first-order chi connectivity index (χ1) is 9.12. The van der Waals surface area contributed by atoms with Crippen LogP contribution in [0.2, 0.25) is 0 Å². The van der Waals surface area contributed by atoms with Crippen LogP contribution in [-0.2, 0) is 5.54 Å². The Morgan fingerprint density at radius 1 is 1.32 bits per heavy atom. The van der Waals surface area contributed by atoms with Gasteiger partial charge in [-0.3, -0.25) is 0 Å². The quantitative estimate of drug-likeness (QED) is 0.895. The van der Waals surface area contributed by atoms with Crippen LogP contribution in [0.1, 0.15) is 32.6 Å². The van der Waals surface area contributed by atoms with E-state index < -0.39 is 5.54 Å². The van der Waals surface area contributed by atoms with Gasteiger partial charge in [0.2, 0.25) is 11.7 Å². The molecule has 5 heteroatoms. The Labute approximate surface area is 112 Å². The summed E-state index contributed by atoms with van der Waals surface area (Å²) in [7, 11) is 1.62. The molecular weight excluding hydrogens is 242 g/mol. The molecule has 0 saturated heterocycles. The minimum absolute atomic E-state index is 0.482. The highest BCUT2D eigenvalue weighted by atomic mass is 16.5. The van der Waals surface area contributed by atoms with Crippen molar-refractivity contribution in [3.05, 3.63) is 30.2 Å². The van der Waals surface area contributed by atoms with Crippen LogP contribution >= 0.6 is 0 Å². The lowest BCUT2D eigenvalue weighted by Crippen LogP contribution is -2.35. The smallest absolute Gasteiger partial charge is 0.247 e. The fourth-order valence-corrected chi connectivity index (χ4v) is 1.86. The van der Waals surface area contributed by atoms with Crippen molar-refractivity contribution in [1.82, 2.24) is 10.1 Å². The molecule has 0 aliphatic carbocycles. The van der Waals surface area contributed by atoms with E-state index in [2.05, 4.69) is 10.1 Å². The molecule has 0 saturated carbocycles.